The monoisotopic (exact) mass is 435 g/mol. The molecule has 1 aliphatic heterocycles. The normalized spacial score (nSPS) is 14.3. The fourth-order valence-corrected chi connectivity index (χ4v) is 4.52. The predicted molar refractivity (Wildman–Crippen MR) is 124 cm³/mol. The van der Waals surface area contributed by atoms with Crippen LogP contribution in [0.15, 0.2) is 66.2 Å². The number of aromatic nitrogens is 1. The molecule has 0 spiro atoms. The maximum atomic E-state index is 13.1. The zero-order chi connectivity index (χ0) is 21.3. The first-order valence-corrected chi connectivity index (χ1v) is 11.8. The maximum absolute atomic E-state index is 13.1. The van der Waals surface area contributed by atoms with Crippen LogP contribution in [-0.2, 0) is 13.1 Å². The van der Waals surface area contributed by atoms with Crippen molar-refractivity contribution in [2.24, 2.45) is 0 Å². The van der Waals surface area contributed by atoms with E-state index in [0.717, 1.165) is 28.4 Å². The molecule has 1 aromatic carbocycles. The number of amides is 1. The highest BCUT2D eigenvalue weighted by atomic mass is 32.1. The summed E-state index contributed by atoms with van der Waals surface area (Å²) in [4.78, 5) is 22.5. The summed E-state index contributed by atoms with van der Waals surface area (Å²) in [6.45, 7) is 5.07. The number of hydrogen-bond acceptors (Lipinski definition) is 5. The lowest BCUT2D eigenvalue weighted by Crippen LogP contribution is -2.33. The summed E-state index contributed by atoms with van der Waals surface area (Å²) in [5.74, 6) is 0.907. The number of benzene rings is 1. The Morgan fingerprint density at radius 3 is 2.55 bits per heavy atom. The number of carbonyl (C=O) groups excluding carboxylic acids is 1. The summed E-state index contributed by atoms with van der Waals surface area (Å²) < 4.78 is 5.94. The smallest absolute Gasteiger partial charge is 0.264 e. The maximum Gasteiger partial charge on any atom is 0.264 e. The standard InChI is InChI=1S/C25H29N3O2S/c29-25(24-8-6-18-31-24)28(20-22-7-2-3-13-26-22)19-21-9-11-23(12-10-21)30-17-16-27-14-4-1-5-15-27/h2-3,6-13,18H,1,4-5,14-17,19-20H2. The molecule has 0 bridgehead atoms. The Balaban J connectivity index is 1.36. The van der Waals surface area contributed by atoms with E-state index >= 15 is 0 Å². The van der Waals surface area contributed by atoms with Crippen LogP contribution in [0.3, 0.4) is 0 Å². The number of rotatable bonds is 9. The van der Waals surface area contributed by atoms with Gasteiger partial charge in [0.1, 0.15) is 12.4 Å². The number of carbonyl (C=O) groups is 1. The van der Waals surface area contributed by atoms with E-state index < -0.39 is 0 Å². The van der Waals surface area contributed by atoms with E-state index in [9.17, 15) is 4.79 Å². The molecule has 0 aliphatic carbocycles. The van der Waals surface area contributed by atoms with Crippen LogP contribution in [0.2, 0.25) is 0 Å². The van der Waals surface area contributed by atoms with Crippen molar-refractivity contribution in [1.29, 1.82) is 0 Å². The van der Waals surface area contributed by atoms with E-state index in [0.29, 0.717) is 19.7 Å². The largest absolute Gasteiger partial charge is 0.492 e. The number of hydrogen-bond donors (Lipinski definition) is 0. The number of piperidine rings is 1. The van der Waals surface area contributed by atoms with Crippen molar-refractivity contribution in [3.63, 3.8) is 0 Å². The van der Waals surface area contributed by atoms with Crippen molar-refractivity contribution in [2.45, 2.75) is 32.4 Å². The molecule has 0 N–H and O–H groups in total. The number of pyridine rings is 1. The fraction of sp³-hybridized carbons (Fsp3) is 0.360. The molecule has 5 nitrogen and oxygen atoms in total. The average Bonchev–Trinajstić information content (AvgIpc) is 3.36. The molecule has 0 saturated carbocycles. The Hall–Kier alpha value is -2.70. The van der Waals surface area contributed by atoms with Crippen LogP contribution in [0.25, 0.3) is 0 Å². The molecule has 0 unspecified atom stereocenters. The summed E-state index contributed by atoms with van der Waals surface area (Å²) in [5, 5.41) is 1.93. The van der Waals surface area contributed by atoms with E-state index in [1.54, 1.807) is 6.20 Å². The molecule has 1 saturated heterocycles. The first kappa shape index (κ1) is 21.5. The molecule has 0 radical (unpaired) electrons. The molecule has 2 aromatic heterocycles. The Bertz CT molecular complexity index is 923. The molecule has 3 heterocycles. The highest BCUT2D eigenvalue weighted by Gasteiger charge is 2.18. The minimum Gasteiger partial charge on any atom is -0.492 e. The van der Waals surface area contributed by atoms with Gasteiger partial charge in [0, 0.05) is 19.3 Å². The predicted octanol–water partition coefficient (Wildman–Crippen LogP) is 4.85. The quantitative estimate of drug-likeness (QED) is 0.482. The van der Waals surface area contributed by atoms with Crippen molar-refractivity contribution in [1.82, 2.24) is 14.8 Å². The summed E-state index contributed by atoms with van der Waals surface area (Å²) >= 11 is 1.47. The van der Waals surface area contributed by atoms with Crippen molar-refractivity contribution in [3.05, 3.63) is 82.3 Å². The number of thiophene rings is 1. The van der Waals surface area contributed by atoms with Crippen LogP contribution >= 0.6 is 11.3 Å². The molecule has 1 fully saturated rings. The number of likely N-dealkylation sites (tertiary alicyclic amines) is 1. The summed E-state index contributed by atoms with van der Waals surface area (Å²) in [5.41, 5.74) is 1.95. The number of ether oxygens (including phenoxy) is 1. The van der Waals surface area contributed by atoms with Crippen LogP contribution in [0, 0.1) is 0 Å². The highest BCUT2D eigenvalue weighted by Crippen LogP contribution is 2.19. The summed E-state index contributed by atoms with van der Waals surface area (Å²) in [6, 6.07) is 17.7. The van der Waals surface area contributed by atoms with Gasteiger partial charge in [0.15, 0.2) is 0 Å². The molecule has 6 heteroatoms. The van der Waals surface area contributed by atoms with Crippen LogP contribution in [0.4, 0.5) is 0 Å². The van der Waals surface area contributed by atoms with Gasteiger partial charge in [-0.15, -0.1) is 11.3 Å². The number of nitrogens with zero attached hydrogens (tertiary/aromatic N) is 3. The van der Waals surface area contributed by atoms with Crippen molar-refractivity contribution in [2.75, 3.05) is 26.2 Å². The van der Waals surface area contributed by atoms with Crippen LogP contribution < -0.4 is 4.74 Å². The first-order valence-electron chi connectivity index (χ1n) is 10.9. The van der Waals surface area contributed by atoms with Gasteiger partial charge < -0.3 is 9.64 Å². The Kier molecular flexibility index (Phi) is 7.69. The minimum atomic E-state index is 0.0301. The topological polar surface area (TPSA) is 45.7 Å². The molecule has 1 aliphatic rings. The molecule has 0 atom stereocenters. The van der Waals surface area contributed by atoms with E-state index in [1.807, 2.05) is 64.9 Å². The lowest BCUT2D eigenvalue weighted by atomic mass is 10.1. The SMILES string of the molecule is O=C(c1cccs1)N(Cc1ccc(OCCN2CCCCC2)cc1)Cc1ccccn1. The lowest BCUT2D eigenvalue weighted by Gasteiger charge is -2.26. The van der Waals surface area contributed by atoms with Crippen molar-refractivity contribution in [3.8, 4) is 5.75 Å². The average molecular weight is 436 g/mol. The Labute approximate surface area is 188 Å². The van der Waals surface area contributed by atoms with E-state index in [2.05, 4.69) is 9.88 Å². The van der Waals surface area contributed by atoms with Crippen molar-refractivity contribution >= 4 is 17.2 Å². The van der Waals surface area contributed by atoms with Gasteiger partial charge in [-0.25, -0.2) is 0 Å². The second-order valence-corrected chi connectivity index (χ2v) is 8.80. The Morgan fingerprint density at radius 2 is 1.84 bits per heavy atom. The van der Waals surface area contributed by atoms with Gasteiger partial charge in [-0.1, -0.05) is 30.7 Å². The van der Waals surface area contributed by atoms with Crippen LogP contribution in [-0.4, -0.2) is 46.9 Å². The van der Waals surface area contributed by atoms with Gasteiger partial charge in [-0.2, -0.15) is 0 Å². The van der Waals surface area contributed by atoms with E-state index in [-0.39, 0.29) is 5.91 Å². The third kappa shape index (κ3) is 6.39. The van der Waals surface area contributed by atoms with Gasteiger partial charge >= 0.3 is 0 Å². The first-order chi connectivity index (χ1) is 15.3. The molecule has 162 valence electrons. The summed E-state index contributed by atoms with van der Waals surface area (Å²) in [6.07, 6.45) is 5.71. The third-order valence-electron chi connectivity index (χ3n) is 5.52. The summed E-state index contributed by atoms with van der Waals surface area (Å²) in [7, 11) is 0. The van der Waals surface area contributed by atoms with Gasteiger partial charge in [0.25, 0.3) is 5.91 Å². The van der Waals surface area contributed by atoms with Crippen LogP contribution in [0.1, 0.15) is 40.2 Å². The van der Waals surface area contributed by atoms with E-state index in [4.69, 9.17) is 4.74 Å². The molecule has 31 heavy (non-hydrogen) atoms. The lowest BCUT2D eigenvalue weighted by molar-refractivity contribution is 0.0733. The molecule has 4 rings (SSSR count). The third-order valence-corrected chi connectivity index (χ3v) is 6.38. The molecule has 3 aromatic rings. The van der Waals surface area contributed by atoms with Crippen molar-refractivity contribution < 1.29 is 9.53 Å². The van der Waals surface area contributed by atoms with Crippen LogP contribution in [0.5, 0.6) is 5.75 Å². The molecule has 1 amide bonds. The molecular weight excluding hydrogens is 406 g/mol. The second-order valence-electron chi connectivity index (χ2n) is 7.85. The van der Waals surface area contributed by atoms with E-state index in [1.165, 1.54) is 43.7 Å². The minimum absolute atomic E-state index is 0.0301. The zero-order valence-electron chi connectivity index (χ0n) is 17.8. The molecular formula is C25H29N3O2S. The fourth-order valence-electron chi connectivity index (χ4n) is 3.83. The highest BCUT2D eigenvalue weighted by molar-refractivity contribution is 7.12. The van der Waals surface area contributed by atoms with Gasteiger partial charge in [-0.05, 0) is 67.2 Å². The second kappa shape index (κ2) is 11.1. The zero-order valence-corrected chi connectivity index (χ0v) is 18.6. The van der Waals surface area contributed by atoms with Gasteiger partial charge in [0.2, 0.25) is 0 Å². The van der Waals surface area contributed by atoms with Gasteiger partial charge in [-0.3, -0.25) is 14.7 Å². The van der Waals surface area contributed by atoms with Gasteiger partial charge in [0.05, 0.1) is 17.1 Å². The Morgan fingerprint density at radius 1 is 1.00 bits per heavy atom.